The van der Waals surface area contributed by atoms with Crippen LogP contribution in [0.4, 0.5) is 16.0 Å². The van der Waals surface area contributed by atoms with Crippen molar-refractivity contribution in [1.82, 2.24) is 20.5 Å². The summed E-state index contributed by atoms with van der Waals surface area (Å²) in [5.74, 6) is -0.839. The summed E-state index contributed by atoms with van der Waals surface area (Å²) in [6, 6.07) is 0.223. The van der Waals surface area contributed by atoms with Crippen molar-refractivity contribution in [2.45, 2.75) is 64.3 Å². The van der Waals surface area contributed by atoms with Gasteiger partial charge in [-0.25, -0.2) is 15.0 Å². The zero-order valence-electron chi connectivity index (χ0n) is 16.7. The normalized spacial score (nSPS) is 17.6. The molecule has 1 atom stereocenters. The van der Waals surface area contributed by atoms with E-state index in [9.17, 15) is 19.2 Å². The minimum atomic E-state index is -0.654. The molecule has 4 N–H and O–H groups in total. The molecule has 0 unspecified atom stereocenters. The Bertz CT molecular complexity index is 724. The van der Waals surface area contributed by atoms with Gasteiger partial charge >= 0.3 is 0 Å². The second kappa shape index (κ2) is 9.82. The van der Waals surface area contributed by atoms with Gasteiger partial charge in [-0.1, -0.05) is 32.6 Å². The molecule has 10 heteroatoms. The first-order chi connectivity index (χ1) is 14.0. The van der Waals surface area contributed by atoms with Crippen molar-refractivity contribution in [2.75, 3.05) is 17.3 Å². The van der Waals surface area contributed by atoms with Crippen LogP contribution in [0.1, 0.15) is 57.7 Å². The fourth-order valence-corrected chi connectivity index (χ4v) is 3.66. The molecular formula is C19H29FN6O3. The molecule has 1 aromatic heterocycles. The second-order valence-electron chi connectivity index (χ2n) is 7.85. The molecule has 0 spiro atoms. The lowest BCUT2D eigenvalue weighted by molar-refractivity contribution is -0.154. The molecule has 0 radical (unpaired) electrons. The van der Waals surface area contributed by atoms with Crippen molar-refractivity contribution >= 4 is 24.0 Å². The number of amides is 2. The van der Waals surface area contributed by atoms with Gasteiger partial charge in [-0.3, -0.25) is 25.6 Å². The predicted molar refractivity (Wildman–Crippen MR) is 104 cm³/mol. The van der Waals surface area contributed by atoms with E-state index in [1.807, 2.05) is 6.92 Å². The Morgan fingerprint density at radius 3 is 2.59 bits per heavy atom. The maximum Gasteiger partial charge on any atom is 0.243 e. The molecule has 2 aliphatic carbocycles. The number of hydrazine groups is 1. The molecule has 0 saturated heterocycles. The summed E-state index contributed by atoms with van der Waals surface area (Å²) in [4.78, 5) is 31.8. The first-order valence-corrected chi connectivity index (χ1v) is 10.3. The highest BCUT2D eigenvalue weighted by Crippen LogP contribution is 2.31. The highest BCUT2D eigenvalue weighted by molar-refractivity contribution is 5.80. The van der Waals surface area contributed by atoms with Crippen molar-refractivity contribution in [3.05, 3.63) is 11.6 Å². The van der Waals surface area contributed by atoms with Crippen LogP contribution >= 0.6 is 0 Å². The Morgan fingerprint density at radius 2 is 1.97 bits per heavy atom. The van der Waals surface area contributed by atoms with E-state index in [2.05, 4.69) is 26.1 Å². The van der Waals surface area contributed by atoms with Crippen LogP contribution in [0.15, 0.2) is 0 Å². The number of carbonyl (C=O) groups is 2. The summed E-state index contributed by atoms with van der Waals surface area (Å²) in [7, 11) is 0. The number of hydrogen-bond acceptors (Lipinski definition) is 7. The monoisotopic (exact) mass is 408 g/mol. The number of nitrogens with zero attached hydrogens (tertiary/aromatic N) is 3. The summed E-state index contributed by atoms with van der Waals surface area (Å²) in [5.41, 5.74) is 5.05. The van der Waals surface area contributed by atoms with Crippen molar-refractivity contribution < 1.29 is 19.2 Å². The van der Waals surface area contributed by atoms with Gasteiger partial charge in [0.05, 0.1) is 12.5 Å². The topological polar surface area (TPSA) is 119 Å². The quantitative estimate of drug-likeness (QED) is 0.252. The van der Waals surface area contributed by atoms with Gasteiger partial charge in [0.15, 0.2) is 11.6 Å². The summed E-state index contributed by atoms with van der Waals surface area (Å²) in [6.45, 7) is 1.75. The molecule has 29 heavy (non-hydrogen) atoms. The Labute approximate surface area is 169 Å². The third-order valence-electron chi connectivity index (χ3n) is 5.43. The van der Waals surface area contributed by atoms with Crippen LogP contribution in [0.25, 0.3) is 0 Å². The molecule has 2 saturated carbocycles. The van der Waals surface area contributed by atoms with Gasteiger partial charge in [-0.2, -0.15) is 4.39 Å². The van der Waals surface area contributed by atoms with E-state index in [4.69, 9.17) is 0 Å². The molecule has 2 aliphatic rings. The summed E-state index contributed by atoms with van der Waals surface area (Å²) in [5, 5.41) is 13.1. The van der Waals surface area contributed by atoms with Gasteiger partial charge in [-0.05, 0) is 25.2 Å². The molecule has 160 valence electrons. The fraction of sp³-hybridized carbons (Fsp3) is 0.684. The summed E-state index contributed by atoms with van der Waals surface area (Å²) >= 11 is 0. The molecule has 1 aromatic rings. The maximum atomic E-state index is 14.7. The van der Waals surface area contributed by atoms with Crippen LogP contribution in [0.5, 0.6) is 0 Å². The summed E-state index contributed by atoms with van der Waals surface area (Å²) < 4.78 is 14.7. The average Bonchev–Trinajstić information content (AvgIpc) is 3.39. The number of hydroxylamine groups is 2. The lowest BCUT2D eigenvalue weighted by atomic mass is 9.92. The molecule has 0 aliphatic heterocycles. The van der Waals surface area contributed by atoms with Gasteiger partial charge in [0.25, 0.3) is 0 Å². The van der Waals surface area contributed by atoms with Crippen LogP contribution in [0.3, 0.4) is 0 Å². The minimum Gasteiger partial charge on any atom is -0.365 e. The fourth-order valence-electron chi connectivity index (χ4n) is 3.66. The molecule has 0 aromatic carbocycles. The number of hydrogen-bond donors (Lipinski definition) is 4. The molecule has 0 bridgehead atoms. The number of halogens is 1. The van der Waals surface area contributed by atoms with Crippen molar-refractivity contribution in [1.29, 1.82) is 0 Å². The van der Waals surface area contributed by atoms with Crippen molar-refractivity contribution in [2.24, 2.45) is 11.8 Å². The number of rotatable bonds is 11. The molecule has 9 nitrogen and oxygen atoms in total. The van der Waals surface area contributed by atoms with E-state index in [-0.39, 0.29) is 30.6 Å². The van der Waals surface area contributed by atoms with Crippen molar-refractivity contribution in [3.8, 4) is 0 Å². The molecular weight excluding hydrogens is 379 g/mol. The number of carbonyl (C=O) groups excluding carboxylic acids is 2. The van der Waals surface area contributed by atoms with Gasteiger partial charge in [0, 0.05) is 12.5 Å². The minimum absolute atomic E-state index is 0.107. The van der Waals surface area contributed by atoms with Gasteiger partial charge in [0.2, 0.25) is 18.1 Å². The zero-order chi connectivity index (χ0) is 20.8. The SMILES string of the molecule is CCc1nc(NNC(=O)[C@H](CC2CCCC2)CN(O)C=O)c(F)c(NC2CC2)n1. The van der Waals surface area contributed by atoms with Crippen molar-refractivity contribution in [3.63, 3.8) is 0 Å². The van der Waals surface area contributed by atoms with Crippen LogP contribution in [-0.4, -0.2) is 45.1 Å². The largest absolute Gasteiger partial charge is 0.365 e. The standard InChI is InChI=1S/C19H29FN6O3/c1-2-15-22-17(21-14-7-8-14)16(20)18(23-15)24-25-19(28)13(10-26(29)11-27)9-12-5-3-4-6-12/h11-14,29H,2-10H2,1H3,(H,25,28)(H2,21,22,23,24)/t13-/m1/s1. The third kappa shape index (κ3) is 5.99. The third-order valence-corrected chi connectivity index (χ3v) is 5.43. The molecule has 1 heterocycles. The van der Waals surface area contributed by atoms with Crippen LogP contribution in [-0.2, 0) is 16.0 Å². The zero-order valence-corrected chi connectivity index (χ0v) is 16.7. The van der Waals surface area contributed by atoms with E-state index in [0.717, 1.165) is 38.5 Å². The second-order valence-corrected chi connectivity index (χ2v) is 7.85. The Morgan fingerprint density at radius 1 is 1.28 bits per heavy atom. The lowest BCUT2D eigenvalue weighted by Gasteiger charge is -2.22. The van der Waals surface area contributed by atoms with E-state index in [1.54, 1.807) is 0 Å². The van der Waals surface area contributed by atoms with Gasteiger partial charge in [-0.15, -0.1) is 0 Å². The molecule has 2 fully saturated rings. The van der Waals surface area contributed by atoms with Crippen LogP contribution in [0, 0.1) is 17.7 Å². The van der Waals surface area contributed by atoms with E-state index in [1.165, 1.54) is 0 Å². The smallest absolute Gasteiger partial charge is 0.243 e. The lowest BCUT2D eigenvalue weighted by Crippen LogP contribution is -2.41. The maximum absolute atomic E-state index is 14.7. The highest BCUT2D eigenvalue weighted by atomic mass is 19.1. The number of aromatic nitrogens is 2. The van der Waals surface area contributed by atoms with Crippen LogP contribution in [0.2, 0.25) is 0 Å². The molecule has 3 rings (SSSR count). The number of anilines is 2. The highest BCUT2D eigenvalue weighted by Gasteiger charge is 2.28. The Hall–Kier alpha value is -2.49. The number of nitrogens with one attached hydrogen (secondary N) is 3. The Kier molecular flexibility index (Phi) is 7.18. The summed E-state index contributed by atoms with van der Waals surface area (Å²) in [6.07, 6.45) is 7.59. The first kappa shape index (κ1) is 21.2. The number of aryl methyl sites for hydroxylation is 1. The van der Waals surface area contributed by atoms with E-state index >= 15 is 0 Å². The van der Waals surface area contributed by atoms with E-state index < -0.39 is 17.6 Å². The average molecular weight is 408 g/mol. The van der Waals surface area contributed by atoms with Gasteiger partial charge < -0.3 is 5.32 Å². The predicted octanol–water partition coefficient (Wildman–Crippen LogP) is 2.24. The van der Waals surface area contributed by atoms with Gasteiger partial charge in [0.1, 0.15) is 5.82 Å². The Balaban J connectivity index is 1.66. The molecule has 2 amide bonds. The van der Waals surface area contributed by atoms with Crippen LogP contribution < -0.4 is 16.2 Å². The van der Waals surface area contributed by atoms with E-state index in [0.29, 0.717) is 29.6 Å². The first-order valence-electron chi connectivity index (χ1n) is 10.3.